The molecule has 0 fully saturated rings. The lowest BCUT2D eigenvalue weighted by atomic mass is 10.1. The molecule has 0 radical (unpaired) electrons. The third kappa shape index (κ3) is 4.07. The summed E-state index contributed by atoms with van der Waals surface area (Å²) in [7, 11) is 0. The molecule has 0 amide bonds. The summed E-state index contributed by atoms with van der Waals surface area (Å²) < 4.78 is 4.70. The minimum atomic E-state index is -0.854. The zero-order chi connectivity index (χ0) is 10.4. The third-order valence-corrected chi connectivity index (χ3v) is 1.88. The average molecular weight is 210 g/mol. The highest BCUT2D eigenvalue weighted by Crippen LogP contribution is 2.07. The molecule has 0 heterocycles. The molecule has 0 saturated carbocycles. The van der Waals surface area contributed by atoms with Crippen molar-refractivity contribution in [1.82, 2.24) is 0 Å². The Hall–Kier alpha value is -0.840. The third-order valence-electron chi connectivity index (χ3n) is 1.66. The largest absolute Gasteiger partial charge is 0.454 e. The van der Waals surface area contributed by atoms with Crippen LogP contribution in [0, 0.1) is 10.1 Å². The monoisotopic (exact) mass is 209 g/mol. The van der Waals surface area contributed by atoms with Gasteiger partial charge < -0.3 is 4.74 Å². The summed E-state index contributed by atoms with van der Waals surface area (Å²) in [6.45, 7) is 3.15. The van der Waals surface area contributed by atoms with Crippen LogP contribution in [0.25, 0.3) is 0 Å². The Balaban J connectivity index is 4.13. The minimum Gasteiger partial charge on any atom is -0.454 e. The van der Waals surface area contributed by atoms with Crippen molar-refractivity contribution in [3.8, 4) is 0 Å². The molecule has 2 atom stereocenters. The number of nitrogens with zero attached hydrogens (tertiary/aromatic N) is 1. The fourth-order valence-electron chi connectivity index (χ4n) is 0.970. The van der Waals surface area contributed by atoms with Gasteiger partial charge in [0.25, 0.3) is 0 Å². The number of hydrogen-bond donors (Lipinski definition) is 0. The van der Waals surface area contributed by atoms with E-state index in [0.717, 1.165) is 0 Å². The van der Waals surface area contributed by atoms with Crippen molar-refractivity contribution in [1.29, 1.82) is 0 Å². The number of hydrogen-bond acceptors (Lipinski definition) is 4. The first-order chi connectivity index (χ1) is 6.02. The van der Waals surface area contributed by atoms with E-state index >= 15 is 0 Å². The van der Waals surface area contributed by atoms with Gasteiger partial charge in [0.15, 0.2) is 6.10 Å². The predicted octanol–water partition coefficient (Wildman–Crippen LogP) is 1.21. The first-order valence-corrected chi connectivity index (χ1v) is 4.45. The standard InChI is InChI=1S/C7H12ClNO4/c1-3-6(9(11)12)5(2)13-7(10)4-8/h5-6H,3-4H2,1-2H3/t5-,6-/m1/s1. The van der Waals surface area contributed by atoms with Gasteiger partial charge in [0.1, 0.15) is 5.88 Å². The second-order valence-corrected chi connectivity index (χ2v) is 2.86. The van der Waals surface area contributed by atoms with Crippen LogP contribution in [0.1, 0.15) is 20.3 Å². The van der Waals surface area contributed by atoms with Crippen molar-refractivity contribution in [2.75, 3.05) is 5.88 Å². The zero-order valence-corrected chi connectivity index (χ0v) is 8.28. The average Bonchev–Trinajstić information content (AvgIpc) is 2.04. The highest BCUT2D eigenvalue weighted by molar-refractivity contribution is 6.26. The molecule has 0 aliphatic carbocycles. The normalized spacial score (nSPS) is 14.7. The van der Waals surface area contributed by atoms with E-state index in [-0.39, 0.29) is 5.88 Å². The molecule has 0 aromatic rings. The van der Waals surface area contributed by atoms with Gasteiger partial charge in [-0.2, -0.15) is 0 Å². The van der Waals surface area contributed by atoms with Crippen molar-refractivity contribution < 1.29 is 14.5 Å². The van der Waals surface area contributed by atoms with Crippen LogP contribution in [0.5, 0.6) is 0 Å². The van der Waals surface area contributed by atoms with Crippen LogP contribution in [-0.4, -0.2) is 28.9 Å². The fraction of sp³-hybridized carbons (Fsp3) is 0.857. The minimum absolute atomic E-state index is 0.279. The van der Waals surface area contributed by atoms with Gasteiger partial charge in [-0.05, 0) is 6.92 Å². The summed E-state index contributed by atoms with van der Waals surface area (Å²) in [4.78, 5) is 20.7. The molecule has 0 bridgehead atoms. The SMILES string of the molecule is CC[C@H]([C@@H](C)OC(=O)CCl)[N+](=O)[O-]. The first kappa shape index (κ1) is 12.2. The van der Waals surface area contributed by atoms with Crippen molar-refractivity contribution >= 4 is 17.6 Å². The van der Waals surface area contributed by atoms with Crippen LogP contribution in [-0.2, 0) is 9.53 Å². The summed E-state index contributed by atoms with van der Waals surface area (Å²) in [5.41, 5.74) is 0. The maximum Gasteiger partial charge on any atom is 0.321 e. The van der Waals surface area contributed by atoms with Gasteiger partial charge in [-0.3, -0.25) is 14.9 Å². The molecule has 0 aromatic heterocycles. The lowest BCUT2D eigenvalue weighted by molar-refractivity contribution is -0.533. The zero-order valence-electron chi connectivity index (χ0n) is 7.53. The van der Waals surface area contributed by atoms with Gasteiger partial charge in [0, 0.05) is 11.3 Å². The molecular weight excluding hydrogens is 198 g/mol. The topological polar surface area (TPSA) is 69.4 Å². The number of carbonyl (C=O) groups is 1. The van der Waals surface area contributed by atoms with Crippen LogP contribution in [0.4, 0.5) is 0 Å². The van der Waals surface area contributed by atoms with Crippen LogP contribution in [0.15, 0.2) is 0 Å². The van der Waals surface area contributed by atoms with Crippen molar-refractivity contribution in [2.24, 2.45) is 0 Å². The Bertz CT molecular complexity index is 197. The lowest BCUT2D eigenvalue weighted by Gasteiger charge is -2.15. The molecule has 0 rings (SSSR count). The number of ether oxygens (including phenoxy) is 1. The highest BCUT2D eigenvalue weighted by Gasteiger charge is 2.28. The predicted molar refractivity (Wildman–Crippen MR) is 47.3 cm³/mol. The van der Waals surface area contributed by atoms with E-state index in [1.807, 2.05) is 0 Å². The maximum atomic E-state index is 10.7. The smallest absolute Gasteiger partial charge is 0.321 e. The Kier molecular flexibility index (Phi) is 5.37. The molecule has 0 saturated heterocycles. The molecule has 5 nitrogen and oxygen atoms in total. The number of esters is 1. The molecule has 6 heteroatoms. The van der Waals surface area contributed by atoms with Gasteiger partial charge in [0.05, 0.1) is 0 Å². The summed E-state index contributed by atoms with van der Waals surface area (Å²) in [5.74, 6) is -0.909. The van der Waals surface area contributed by atoms with Crippen LogP contribution >= 0.6 is 11.6 Å². The van der Waals surface area contributed by atoms with E-state index in [2.05, 4.69) is 0 Å². The fourth-order valence-corrected chi connectivity index (χ4v) is 1.03. The van der Waals surface area contributed by atoms with Crippen LogP contribution in [0.3, 0.4) is 0 Å². The summed E-state index contributed by atoms with van der Waals surface area (Å²) in [5, 5.41) is 10.4. The van der Waals surface area contributed by atoms with Crippen LogP contribution < -0.4 is 0 Å². The van der Waals surface area contributed by atoms with Crippen LogP contribution in [0.2, 0.25) is 0 Å². The van der Waals surface area contributed by atoms with E-state index in [0.29, 0.717) is 6.42 Å². The van der Waals surface area contributed by atoms with Gasteiger partial charge in [-0.1, -0.05) is 6.92 Å². The Morgan fingerprint density at radius 3 is 2.54 bits per heavy atom. The van der Waals surface area contributed by atoms with Gasteiger partial charge in [0.2, 0.25) is 6.04 Å². The molecule has 0 spiro atoms. The Morgan fingerprint density at radius 2 is 2.23 bits per heavy atom. The Labute approximate surface area is 81.2 Å². The van der Waals surface area contributed by atoms with Gasteiger partial charge in [-0.15, -0.1) is 11.6 Å². The second kappa shape index (κ2) is 5.75. The molecular formula is C7H12ClNO4. The summed E-state index contributed by atoms with van der Waals surface area (Å²) in [6, 6.07) is -0.854. The van der Waals surface area contributed by atoms with Gasteiger partial charge >= 0.3 is 5.97 Å². The molecule has 76 valence electrons. The van der Waals surface area contributed by atoms with Crippen molar-refractivity contribution in [2.45, 2.75) is 32.4 Å². The molecule has 0 N–H and O–H groups in total. The molecule has 0 aromatic carbocycles. The second-order valence-electron chi connectivity index (χ2n) is 2.59. The first-order valence-electron chi connectivity index (χ1n) is 3.91. The van der Waals surface area contributed by atoms with E-state index in [4.69, 9.17) is 16.3 Å². The number of alkyl halides is 1. The summed E-state index contributed by atoms with van der Waals surface area (Å²) >= 11 is 5.18. The quantitative estimate of drug-likeness (QED) is 0.295. The van der Waals surface area contributed by atoms with Crippen molar-refractivity contribution in [3.63, 3.8) is 0 Å². The van der Waals surface area contributed by atoms with E-state index in [1.54, 1.807) is 6.92 Å². The molecule has 0 aliphatic heterocycles. The van der Waals surface area contributed by atoms with Gasteiger partial charge in [-0.25, -0.2) is 0 Å². The van der Waals surface area contributed by atoms with E-state index in [1.165, 1.54) is 6.92 Å². The summed E-state index contributed by atoms with van der Waals surface area (Å²) in [6.07, 6.45) is -0.407. The molecule has 0 unspecified atom stereocenters. The number of nitro groups is 1. The number of rotatable bonds is 5. The Morgan fingerprint density at radius 1 is 1.69 bits per heavy atom. The number of carbonyl (C=O) groups excluding carboxylic acids is 1. The lowest BCUT2D eigenvalue weighted by Crippen LogP contribution is -2.34. The van der Waals surface area contributed by atoms with E-state index in [9.17, 15) is 14.9 Å². The highest BCUT2D eigenvalue weighted by atomic mass is 35.5. The number of halogens is 1. The van der Waals surface area contributed by atoms with Crippen molar-refractivity contribution in [3.05, 3.63) is 10.1 Å². The maximum absolute atomic E-state index is 10.7. The molecule has 0 aliphatic rings. The molecule has 13 heavy (non-hydrogen) atoms. The van der Waals surface area contributed by atoms with E-state index < -0.39 is 23.0 Å².